The first-order valence-corrected chi connectivity index (χ1v) is 9.22. The van der Waals surface area contributed by atoms with Crippen molar-refractivity contribution >= 4 is 29.9 Å². The number of nitrogens with zero attached hydrogens (tertiary/aromatic N) is 3. The molecule has 0 fully saturated rings. The van der Waals surface area contributed by atoms with E-state index in [1.54, 1.807) is 6.07 Å². The molecule has 6 nitrogen and oxygen atoms in total. The Morgan fingerprint density at radius 3 is 2.61 bits per heavy atom. The number of aryl methyl sites for hydroxylation is 2. The van der Waals surface area contributed by atoms with Gasteiger partial charge in [-0.05, 0) is 57.4 Å². The molecule has 0 radical (unpaired) electrons. The highest BCUT2D eigenvalue weighted by atomic mass is 127. The van der Waals surface area contributed by atoms with Crippen molar-refractivity contribution in [3.63, 3.8) is 0 Å². The van der Waals surface area contributed by atoms with E-state index in [-0.39, 0.29) is 41.6 Å². The van der Waals surface area contributed by atoms with Gasteiger partial charge in [0, 0.05) is 25.3 Å². The van der Waals surface area contributed by atoms with Crippen LogP contribution in [0.15, 0.2) is 23.2 Å². The fourth-order valence-corrected chi connectivity index (χ4v) is 3.00. The summed E-state index contributed by atoms with van der Waals surface area (Å²) in [6.07, 6.45) is 0.854. The Morgan fingerprint density at radius 2 is 2.07 bits per heavy atom. The number of ether oxygens (including phenoxy) is 1. The van der Waals surface area contributed by atoms with Crippen LogP contribution in [0, 0.1) is 19.7 Å². The summed E-state index contributed by atoms with van der Waals surface area (Å²) in [5, 5.41) is 11.1. The Morgan fingerprint density at radius 1 is 1.36 bits per heavy atom. The minimum absolute atomic E-state index is 0. The maximum Gasteiger partial charge on any atom is 0.191 e. The zero-order valence-electron chi connectivity index (χ0n) is 17.5. The van der Waals surface area contributed by atoms with Gasteiger partial charge in [-0.15, -0.1) is 24.0 Å². The first-order chi connectivity index (χ1) is 12.8. The Bertz CT molecular complexity index is 806. The summed E-state index contributed by atoms with van der Waals surface area (Å²) in [4.78, 5) is 4.58. The Balaban J connectivity index is 0.00000392. The molecule has 1 unspecified atom stereocenters. The molecule has 0 saturated carbocycles. The topological polar surface area (TPSA) is 63.5 Å². The van der Waals surface area contributed by atoms with Gasteiger partial charge in [-0.25, -0.2) is 9.38 Å². The van der Waals surface area contributed by atoms with Gasteiger partial charge in [-0.3, -0.25) is 4.68 Å². The van der Waals surface area contributed by atoms with E-state index >= 15 is 0 Å². The highest BCUT2D eigenvalue weighted by Gasteiger charge is 2.14. The fourth-order valence-electron chi connectivity index (χ4n) is 3.00. The number of aliphatic imine (C=N–C) groups is 1. The molecule has 156 valence electrons. The van der Waals surface area contributed by atoms with Gasteiger partial charge in [-0.1, -0.05) is 6.07 Å². The molecule has 0 aliphatic heterocycles. The second-order valence-electron chi connectivity index (χ2n) is 6.69. The molecule has 1 atom stereocenters. The van der Waals surface area contributed by atoms with Crippen molar-refractivity contribution in [3.8, 4) is 5.75 Å². The molecule has 0 aliphatic carbocycles. The van der Waals surface area contributed by atoms with Crippen LogP contribution in [0.25, 0.3) is 0 Å². The third-order valence-electron chi connectivity index (χ3n) is 4.53. The molecule has 1 heterocycles. The number of hydrogen-bond acceptors (Lipinski definition) is 3. The molecule has 2 rings (SSSR count). The van der Waals surface area contributed by atoms with Crippen LogP contribution in [0.1, 0.15) is 36.4 Å². The number of nitrogens with one attached hydrogen (secondary N) is 2. The van der Waals surface area contributed by atoms with Crippen LogP contribution in [0.3, 0.4) is 0 Å². The molecule has 2 aromatic rings. The van der Waals surface area contributed by atoms with Crippen molar-refractivity contribution in [2.75, 3.05) is 13.7 Å². The summed E-state index contributed by atoms with van der Waals surface area (Å²) in [7, 11) is 3.42. The van der Waals surface area contributed by atoms with Crippen molar-refractivity contribution in [3.05, 3.63) is 46.5 Å². The van der Waals surface area contributed by atoms with Crippen molar-refractivity contribution in [1.82, 2.24) is 20.4 Å². The highest BCUT2D eigenvalue weighted by Crippen LogP contribution is 2.18. The quantitative estimate of drug-likeness (QED) is 0.345. The van der Waals surface area contributed by atoms with Crippen LogP contribution in [-0.4, -0.2) is 35.4 Å². The van der Waals surface area contributed by atoms with Crippen LogP contribution in [-0.2, 0) is 20.0 Å². The largest absolute Gasteiger partial charge is 0.494 e. The lowest BCUT2D eigenvalue weighted by molar-refractivity contribution is 0.386. The maximum atomic E-state index is 13.8. The first-order valence-electron chi connectivity index (χ1n) is 9.22. The number of halogens is 2. The standard InChI is InChI=1S/C20H30FN5O.HI/c1-7-22-20(23-12-16-8-9-19(27-6)18(21)11-16)24-13(2)10-17-14(3)25-26(5)15(17)4;/h8-9,11,13H,7,10,12H2,1-6H3,(H2,22,23,24);1H. The van der Waals surface area contributed by atoms with Crippen molar-refractivity contribution in [1.29, 1.82) is 0 Å². The van der Waals surface area contributed by atoms with Crippen LogP contribution in [0.2, 0.25) is 0 Å². The molecular formula is C20H31FIN5O. The summed E-state index contributed by atoms with van der Waals surface area (Å²) in [6.45, 7) is 9.39. The summed E-state index contributed by atoms with van der Waals surface area (Å²) in [5.74, 6) is 0.572. The zero-order valence-corrected chi connectivity index (χ0v) is 19.8. The van der Waals surface area contributed by atoms with Gasteiger partial charge in [0.1, 0.15) is 0 Å². The van der Waals surface area contributed by atoms with E-state index in [9.17, 15) is 4.39 Å². The average molecular weight is 503 g/mol. The number of hydrogen-bond donors (Lipinski definition) is 2. The van der Waals surface area contributed by atoms with Crippen molar-refractivity contribution < 1.29 is 9.13 Å². The van der Waals surface area contributed by atoms with E-state index in [0.717, 1.165) is 24.2 Å². The Labute approximate surface area is 184 Å². The van der Waals surface area contributed by atoms with E-state index < -0.39 is 0 Å². The van der Waals surface area contributed by atoms with Gasteiger partial charge in [0.05, 0.1) is 19.3 Å². The van der Waals surface area contributed by atoms with Crippen LogP contribution >= 0.6 is 24.0 Å². The molecular weight excluding hydrogens is 472 g/mol. The normalized spacial score (nSPS) is 12.3. The lowest BCUT2D eigenvalue weighted by atomic mass is 10.1. The number of benzene rings is 1. The van der Waals surface area contributed by atoms with Gasteiger partial charge in [0.25, 0.3) is 0 Å². The summed E-state index contributed by atoms with van der Waals surface area (Å²) in [5.41, 5.74) is 4.28. The van der Waals surface area contributed by atoms with Gasteiger partial charge < -0.3 is 15.4 Å². The summed E-state index contributed by atoms with van der Waals surface area (Å²) < 4.78 is 20.7. The smallest absolute Gasteiger partial charge is 0.191 e. The number of aromatic nitrogens is 2. The van der Waals surface area contributed by atoms with Gasteiger partial charge in [0.2, 0.25) is 0 Å². The monoisotopic (exact) mass is 503 g/mol. The molecule has 2 N–H and O–H groups in total. The number of rotatable bonds is 7. The summed E-state index contributed by atoms with van der Waals surface area (Å²) >= 11 is 0. The van der Waals surface area contributed by atoms with E-state index in [1.165, 1.54) is 24.4 Å². The van der Waals surface area contributed by atoms with E-state index in [0.29, 0.717) is 12.5 Å². The lowest BCUT2D eigenvalue weighted by Crippen LogP contribution is -2.43. The number of guanidine groups is 1. The van der Waals surface area contributed by atoms with Gasteiger partial charge in [0.15, 0.2) is 17.5 Å². The second-order valence-corrected chi connectivity index (χ2v) is 6.69. The van der Waals surface area contributed by atoms with E-state index in [4.69, 9.17) is 4.74 Å². The maximum absolute atomic E-state index is 13.8. The van der Waals surface area contributed by atoms with Crippen LogP contribution < -0.4 is 15.4 Å². The van der Waals surface area contributed by atoms with Gasteiger partial charge in [-0.2, -0.15) is 5.10 Å². The number of methoxy groups -OCH3 is 1. The third-order valence-corrected chi connectivity index (χ3v) is 4.53. The predicted molar refractivity (Wildman–Crippen MR) is 122 cm³/mol. The molecule has 28 heavy (non-hydrogen) atoms. The van der Waals surface area contributed by atoms with Crippen molar-refractivity contribution in [2.24, 2.45) is 12.0 Å². The molecule has 0 aliphatic rings. The van der Waals surface area contributed by atoms with Crippen LogP contribution in [0.5, 0.6) is 5.75 Å². The van der Waals surface area contributed by atoms with Crippen LogP contribution in [0.4, 0.5) is 4.39 Å². The molecule has 1 aromatic carbocycles. The molecule has 8 heteroatoms. The fraction of sp³-hybridized carbons (Fsp3) is 0.500. The minimum Gasteiger partial charge on any atom is -0.494 e. The summed E-state index contributed by atoms with van der Waals surface area (Å²) in [6, 6.07) is 5.08. The second kappa shape index (κ2) is 11.2. The molecule has 0 spiro atoms. The Hall–Kier alpha value is -1.84. The molecule has 0 amide bonds. The van der Waals surface area contributed by atoms with E-state index in [2.05, 4.69) is 34.6 Å². The zero-order chi connectivity index (χ0) is 20.0. The minimum atomic E-state index is -0.376. The molecule has 0 saturated heterocycles. The molecule has 1 aromatic heterocycles. The Kier molecular flexibility index (Phi) is 9.71. The highest BCUT2D eigenvalue weighted by molar-refractivity contribution is 14.0. The average Bonchev–Trinajstić information content (AvgIpc) is 2.86. The SMILES string of the molecule is CCNC(=NCc1ccc(OC)c(F)c1)NC(C)Cc1c(C)nn(C)c1C.I. The lowest BCUT2D eigenvalue weighted by Gasteiger charge is -2.18. The predicted octanol–water partition coefficient (Wildman–Crippen LogP) is 3.49. The van der Waals surface area contributed by atoms with E-state index in [1.807, 2.05) is 31.6 Å². The van der Waals surface area contributed by atoms with Crippen molar-refractivity contribution in [2.45, 2.75) is 46.7 Å². The first kappa shape index (κ1) is 24.2. The third kappa shape index (κ3) is 6.35. The van der Waals surface area contributed by atoms with Gasteiger partial charge >= 0.3 is 0 Å². The molecule has 0 bridgehead atoms.